The first kappa shape index (κ1) is 14.2. The molecule has 0 saturated heterocycles. The molecule has 19 heavy (non-hydrogen) atoms. The summed E-state index contributed by atoms with van der Waals surface area (Å²) in [6.07, 6.45) is 6.46. The minimum atomic E-state index is 0.271. The Balaban J connectivity index is 2.13. The predicted octanol–water partition coefficient (Wildman–Crippen LogP) is 3.37. The number of pyridine rings is 1. The van der Waals surface area contributed by atoms with Crippen molar-refractivity contribution in [2.24, 2.45) is 0 Å². The number of hydrogen-bond donors (Lipinski definition) is 1. The van der Waals surface area contributed by atoms with Gasteiger partial charge in [-0.05, 0) is 37.7 Å². The molecule has 2 aromatic heterocycles. The van der Waals surface area contributed by atoms with E-state index in [2.05, 4.69) is 48.5 Å². The van der Waals surface area contributed by atoms with E-state index in [0.29, 0.717) is 5.95 Å². The Hall–Kier alpha value is -1.23. The van der Waals surface area contributed by atoms with E-state index in [4.69, 9.17) is 0 Å². The maximum Gasteiger partial charge on any atom is 0.243 e. The molecule has 0 atom stereocenters. The van der Waals surface area contributed by atoms with E-state index in [1.807, 2.05) is 28.5 Å². The zero-order valence-electron chi connectivity index (χ0n) is 12.1. The van der Waals surface area contributed by atoms with Crippen molar-refractivity contribution in [2.45, 2.75) is 38.4 Å². The fraction of sp³-hybridized carbons (Fsp3) is 0.571. The lowest BCUT2D eigenvalue weighted by Gasteiger charge is -2.29. The van der Waals surface area contributed by atoms with Gasteiger partial charge < -0.3 is 5.32 Å². The fourth-order valence-corrected chi connectivity index (χ4v) is 2.96. The number of hydrogen-bond acceptors (Lipinski definition) is 4. The standard InChI is InChI=1S/C14H22N4S/c1-5-14(6-2,19-4)10-15-13-16-12-8-7-11(3)9-18(12)17-13/h7-9H,5-6,10H2,1-4H3,(H,15,17). The molecular weight excluding hydrogens is 256 g/mol. The van der Waals surface area contributed by atoms with Gasteiger partial charge in [0.15, 0.2) is 5.65 Å². The van der Waals surface area contributed by atoms with E-state index >= 15 is 0 Å². The van der Waals surface area contributed by atoms with Crippen LogP contribution in [0.5, 0.6) is 0 Å². The topological polar surface area (TPSA) is 42.2 Å². The summed E-state index contributed by atoms with van der Waals surface area (Å²) < 4.78 is 2.10. The Morgan fingerprint density at radius 1 is 1.32 bits per heavy atom. The smallest absolute Gasteiger partial charge is 0.243 e. The first-order valence-electron chi connectivity index (χ1n) is 6.74. The van der Waals surface area contributed by atoms with Crippen LogP contribution in [0, 0.1) is 6.92 Å². The maximum absolute atomic E-state index is 4.49. The number of anilines is 1. The number of fused-ring (bicyclic) bond motifs is 1. The van der Waals surface area contributed by atoms with Crippen LogP contribution >= 0.6 is 11.8 Å². The van der Waals surface area contributed by atoms with Gasteiger partial charge in [-0.25, -0.2) is 4.52 Å². The van der Waals surface area contributed by atoms with Crippen LogP contribution in [0.3, 0.4) is 0 Å². The second-order valence-corrected chi connectivity index (χ2v) is 6.17. The van der Waals surface area contributed by atoms with Crippen molar-refractivity contribution in [3.05, 3.63) is 23.9 Å². The molecule has 0 saturated carbocycles. The van der Waals surface area contributed by atoms with Crippen molar-refractivity contribution < 1.29 is 0 Å². The van der Waals surface area contributed by atoms with E-state index in [-0.39, 0.29) is 4.75 Å². The van der Waals surface area contributed by atoms with E-state index in [0.717, 1.165) is 25.0 Å². The zero-order chi connectivity index (χ0) is 13.9. The summed E-state index contributed by atoms with van der Waals surface area (Å²) in [6.45, 7) is 7.43. The molecule has 5 heteroatoms. The first-order valence-corrected chi connectivity index (χ1v) is 7.97. The Bertz CT molecular complexity index is 537. The lowest BCUT2D eigenvalue weighted by molar-refractivity contribution is 0.573. The quantitative estimate of drug-likeness (QED) is 0.879. The number of thioether (sulfide) groups is 1. The molecule has 0 aliphatic carbocycles. The summed E-state index contributed by atoms with van der Waals surface area (Å²) in [5.41, 5.74) is 2.07. The fourth-order valence-electron chi connectivity index (χ4n) is 2.16. The van der Waals surface area contributed by atoms with Crippen molar-refractivity contribution in [1.29, 1.82) is 0 Å². The highest BCUT2D eigenvalue weighted by molar-refractivity contribution is 8.00. The molecule has 0 radical (unpaired) electrons. The van der Waals surface area contributed by atoms with Gasteiger partial charge in [0.05, 0.1) is 0 Å². The molecule has 0 amide bonds. The molecule has 0 aliphatic rings. The highest BCUT2D eigenvalue weighted by Gasteiger charge is 2.25. The SMILES string of the molecule is CCC(CC)(CNc1nc2ccc(C)cn2n1)SC. The molecule has 4 nitrogen and oxygen atoms in total. The summed E-state index contributed by atoms with van der Waals surface area (Å²) in [5, 5.41) is 7.85. The molecule has 0 spiro atoms. The van der Waals surface area contributed by atoms with Crippen molar-refractivity contribution in [1.82, 2.24) is 14.6 Å². The van der Waals surface area contributed by atoms with Gasteiger partial charge >= 0.3 is 0 Å². The number of nitrogens with zero attached hydrogens (tertiary/aromatic N) is 3. The second-order valence-electron chi connectivity index (χ2n) is 4.89. The van der Waals surface area contributed by atoms with Crippen LogP contribution in [0.4, 0.5) is 5.95 Å². The molecule has 2 rings (SSSR count). The Labute approximate surface area is 119 Å². The van der Waals surface area contributed by atoms with Crippen LogP contribution in [-0.2, 0) is 0 Å². The van der Waals surface area contributed by atoms with Crippen molar-refractivity contribution in [3.8, 4) is 0 Å². The van der Waals surface area contributed by atoms with Crippen LogP contribution in [-0.4, -0.2) is 32.1 Å². The van der Waals surface area contributed by atoms with Crippen LogP contribution in [0.15, 0.2) is 18.3 Å². The molecule has 0 unspecified atom stereocenters. The van der Waals surface area contributed by atoms with Crippen LogP contribution in [0.2, 0.25) is 0 Å². The molecule has 2 heterocycles. The molecule has 2 aromatic rings. The Morgan fingerprint density at radius 3 is 2.68 bits per heavy atom. The van der Waals surface area contributed by atoms with Crippen molar-refractivity contribution in [3.63, 3.8) is 0 Å². The van der Waals surface area contributed by atoms with E-state index < -0.39 is 0 Å². The minimum absolute atomic E-state index is 0.271. The number of aryl methyl sites for hydroxylation is 1. The summed E-state index contributed by atoms with van der Waals surface area (Å²) >= 11 is 1.92. The number of rotatable bonds is 6. The molecule has 0 aromatic carbocycles. The van der Waals surface area contributed by atoms with Gasteiger partial charge in [-0.1, -0.05) is 19.9 Å². The monoisotopic (exact) mass is 278 g/mol. The third-order valence-corrected chi connectivity index (χ3v) is 5.36. The number of aromatic nitrogens is 3. The van der Waals surface area contributed by atoms with E-state index in [1.165, 1.54) is 5.56 Å². The summed E-state index contributed by atoms with van der Waals surface area (Å²) in [4.78, 5) is 4.49. The average Bonchev–Trinajstić information content (AvgIpc) is 2.83. The molecular formula is C14H22N4S. The van der Waals surface area contributed by atoms with Gasteiger partial charge in [-0.15, -0.1) is 5.10 Å². The maximum atomic E-state index is 4.49. The molecule has 1 N–H and O–H groups in total. The van der Waals surface area contributed by atoms with E-state index in [9.17, 15) is 0 Å². The zero-order valence-corrected chi connectivity index (χ0v) is 12.9. The van der Waals surface area contributed by atoms with Gasteiger partial charge in [0.2, 0.25) is 5.95 Å². The third-order valence-electron chi connectivity index (χ3n) is 3.77. The normalized spacial score (nSPS) is 12.0. The second kappa shape index (κ2) is 5.82. The van der Waals surface area contributed by atoms with Crippen molar-refractivity contribution in [2.75, 3.05) is 18.1 Å². The molecule has 0 aliphatic heterocycles. The highest BCUT2D eigenvalue weighted by Crippen LogP contribution is 2.30. The Kier molecular flexibility index (Phi) is 4.34. The summed E-state index contributed by atoms with van der Waals surface area (Å²) in [6, 6.07) is 4.05. The largest absolute Gasteiger partial charge is 0.352 e. The summed E-state index contributed by atoms with van der Waals surface area (Å²) in [7, 11) is 0. The Morgan fingerprint density at radius 2 is 2.05 bits per heavy atom. The third kappa shape index (κ3) is 3.03. The molecule has 0 fully saturated rings. The molecule has 0 bridgehead atoms. The predicted molar refractivity (Wildman–Crippen MR) is 83.0 cm³/mol. The number of nitrogens with one attached hydrogen (secondary N) is 1. The first-order chi connectivity index (χ1) is 9.12. The molecule has 104 valence electrons. The van der Waals surface area contributed by atoms with Crippen LogP contribution in [0.1, 0.15) is 32.3 Å². The van der Waals surface area contributed by atoms with Crippen LogP contribution < -0.4 is 5.32 Å². The van der Waals surface area contributed by atoms with Gasteiger partial charge in [-0.2, -0.15) is 16.7 Å². The lowest BCUT2D eigenvalue weighted by Crippen LogP contribution is -2.32. The lowest BCUT2D eigenvalue weighted by atomic mass is 10.0. The average molecular weight is 278 g/mol. The van der Waals surface area contributed by atoms with Gasteiger partial charge in [-0.3, -0.25) is 0 Å². The van der Waals surface area contributed by atoms with E-state index in [1.54, 1.807) is 0 Å². The highest BCUT2D eigenvalue weighted by atomic mass is 32.2. The van der Waals surface area contributed by atoms with Crippen LogP contribution in [0.25, 0.3) is 5.65 Å². The van der Waals surface area contributed by atoms with Gasteiger partial charge in [0.1, 0.15) is 0 Å². The minimum Gasteiger partial charge on any atom is -0.352 e. The van der Waals surface area contributed by atoms with Gasteiger partial charge in [0.25, 0.3) is 0 Å². The van der Waals surface area contributed by atoms with Gasteiger partial charge in [0, 0.05) is 17.5 Å². The summed E-state index contributed by atoms with van der Waals surface area (Å²) in [5.74, 6) is 0.714. The van der Waals surface area contributed by atoms with Crippen molar-refractivity contribution >= 4 is 23.4 Å².